The highest BCUT2D eigenvalue weighted by Crippen LogP contribution is 2.27. The van der Waals surface area contributed by atoms with Crippen LogP contribution in [0.2, 0.25) is 0 Å². The highest BCUT2D eigenvalue weighted by molar-refractivity contribution is 5.76. The topological polar surface area (TPSA) is 86.5 Å². The molecular weight excluding hydrogens is 286 g/mol. The van der Waals surface area contributed by atoms with E-state index in [0.29, 0.717) is 36.1 Å². The summed E-state index contributed by atoms with van der Waals surface area (Å²) in [7, 11) is 3.17. The second-order valence-corrected chi connectivity index (χ2v) is 4.70. The van der Waals surface area contributed by atoms with Crippen LogP contribution in [-0.2, 0) is 17.8 Å². The summed E-state index contributed by atoms with van der Waals surface area (Å²) in [6.45, 7) is 1.97. The molecule has 0 unspecified atom stereocenters. The Morgan fingerprint density at radius 1 is 1.27 bits per heavy atom. The highest BCUT2D eigenvalue weighted by Gasteiger charge is 2.08. The van der Waals surface area contributed by atoms with E-state index in [-0.39, 0.29) is 12.5 Å². The van der Waals surface area contributed by atoms with Gasteiger partial charge in [0.05, 0.1) is 20.8 Å². The van der Waals surface area contributed by atoms with Gasteiger partial charge in [0, 0.05) is 6.42 Å². The maximum atomic E-state index is 11.8. The molecule has 0 atom stereocenters. The molecule has 0 saturated heterocycles. The van der Waals surface area contributed by atoms with E-state index in [4.69, 9.17) is 14.0 Å². The number of hydrogen-bond donors (Lipinski definition) is 1. The van der Waals surface area contributed by atoms with Crippen LogP contribution in [0.4, 0.5) is 0 Å². The van der Waals surface area contributed by atoms with Gasteiger partial charge in [-0.05, 0) is 31.0 Å². The number of nitrogens with one attached hydrogen (secondary N) is 1. The number of aryl methyl sites for hydroxylation is 2. The molecule has 0 fully saturated rings. The summed E-state index contributed by atoms with van der Waals surface area (Å²) in [6, 6.07) is 5.61. The number of amides is 1. The van der Waals surface area contributed by atoms with Crippen LogP contribution in [0.5, 0.6) is 11.5 Å². The summed E-state index contributed by atoms with van der Waals surface area (Å²) in [4.78, 5) is 15.8. The Bertz CT molecular complexity index is 639. The van der Waals surface area contributed by atoms with E-state index in [2.05, 4.69) is 15.5 Å². The van der Waals surface area contributed by atoms with Crippen molar-refractivity contribution in [2.24, 2.45) is 0 Å². The predicted octanol–water partition coefficient (Wildman–Crippen LogP) is 1.64. The zero-order chi connectivity index (χ0) is 15.9. The van der Waals surface area contributed by atoms with E-state index in [1.54, 1.807) is 21.1 Å². The van der Waals surface area contributed by atoms with Crippen molar-refractivity contribution in [1.29, 1.82) is 0 Å². The van der Waals surface area contributed by atoms with Gasteiger partial charge >= 0.3 is 0 Å². The summed E-state index contributed by atoms with van der Waals surface area (Å²) in [5, 5.41) is 6.40. The van der Waals surface area contributed by atoms with Crippen LogP contribution in [-0.4, -0.2) is 30.3 Å². The zero-order valence-electron chi connectivity index (χ0n) is 12.9. The number of ether oxygens (including phenoxy) is 2. The lowest BCUT2D eigenvalue weighted by molar-refractivity contribution is -0.121. The van der Waals surface area contributed by atoms with Crippen LogP contribution in [0.15, 0.2) is 22.7 Å². The number of carbonyl (C=O) groups is 1. The molecule has 7 heteroatoms. The van der Waals surface area contributed by atoms with Crippen LogP contribution in [0.1, 0.15) is 23.7 Å². The van der Waals surface area contributed by atoms with Gasteiger partial charge in [-0.15, -0.1) is 0 Å². The first kappa shape index (κ1) is 15.8. The number of hydrogen-bond acceptors (Lipinski definition) is 6. The SMILES string of the molecule is COc1ccc(CCC(=O)NCc2nc(C)no2)cc1OC. The van der Waals surface area contributed by atoms with Crippen LogP contribution in [0.3, 0.4) is 0 Å². The average molecular weight is 305 g/mol. The second-order valence-electron chi connectivity index (χ2n) is 4.70. The fraction of sp³-hybridized carbons (Fsp3) is 0.400. The Kier molecular flexibility index (Phi) is 5.35. The third kappa shape index (κ3) is 4.21. The summed E-state index contributed by atoms with van der Waals surface area (Å²) in [5.74, 6) is 2.20. The molecular formula is C15H19N3O4. The molecule has 7 nitrogen and oxygen atoms in total. The van der Waals surface area contributed by atoms with Crippen molar-refractivity contribution in [1.82, 2.24) is 15.5 Å². The van der Waals surface area contributed by atoms with Crippen molar-refractivity contribution >= 4 is 5.91 Å². The molecule has 0 aliphatic heterocycles. The van der Waals surface area contributed by atoms with Gasteiger partial charge in [0.2, 0.25) is 11.8 Å². The summed E-state index contributed by atoms with van der Waals surface area (Å²) in [6.07, 6.45) is 0.970. The Morgan fingerprint density at radius 3 is 2.68 bits per heavy atom. The molecule has 0 bridgehead atoms. The lowest BCUT2D eigenvalue weighted by Gasteiger charge is -2.09. The lowest BCUT2D eigenvalue weighted by atomic mass is 10.1. The molecule has 0 saturated carbocycles. The molecule has 1 heterocycles. The molecule has 1 amide bonds. The van der Waals surface area contributed by atoms with Crippen LogP contribution in [0, 0.1) is 6.92 Å². The molecule has 0 aliphatic rings. The van der Waals surface area contributed by atoms with Crippen molar-refractivity contribution in [2.45, 2.75) is 26.3 Å². The molecule has 22 heavy (non-hydrogen) atoms. The summed E-state index contributed by atoms with van der Waals surface area (Å²) >= 11 is 0. The third-order valence-corrected chi connectivity index (χ3v) is 3.10. The van der Waals surface area contributed by atoms with Crippen LogP contribution >= 0.6 is 0 Å². The first-order valence-corrected chi connectivity index (χ1v) is 6.89. The standard InChI is InChI=1S/C15H19N3O4/c1-10-17-15(22-18-10)9-16-14(19)7-5-11-4-6-12(20-2)13(8-11)21-3/h4,6,8H,5,7,9H2,1-3H3,(H,16,19). The second kappa shape index (κ2) is 7.44. The quantitative estimate of drug-likeness (QED) is 0.837. The van der Waals surface area contributed by atoms with Gasteiger partial charge in [-0.2, -0.15) is 4.98 Å². The highest BCUT2D eigenvalue weighted by atomic mass is 16.5. The van der Waals surface area contributed by atoms with E-state index in [1.165, 1.54) is 0 Å². The molecule has 118 valence electrons. The van der Waals surface area contributed by atoms with E-state index in [9.17, 15) is 4.79 Å². The monoisotopic (exact) mass is 305 g/mol. The normalized spacial score (nSPS) is 10.3. The number of aromatic nitrogens is 2. The van der Waals surface area contributed by atoms with Crippen molar-refractivity contribution in [3.63, 3.8) is 0 Å². The Hall–Kier alpha value is -2.57. The van der Waals surface area contributed by atoms with Gasteiger partial charge in [0.15, 0.2) is 17.3 Å². The molecule has 2 aromatic rings. The van der Waals surface area contributed by atoms with Crippen molar-refractivity contribution in [3.05, 3.63) is 35.5 Å². The number of benzene rings is 1. The first-order valence-electron chi connectivity index (χ1n) is 6.89. The first-order chi connectivity index (χ1) is 10.6. The lowest BCUT2D eigenvalue weighted by Crippen LogP contribution is -2.23. The molecule has 1 aromatic heterocycles. The fourth-order valence-electron chi connectivity index (χ4n) is 1.97. The molecule has 1 N–H and O–H groups in total. The maximum Gasteiger partial charge on any atom is 0.246 e. The molecule has 1 aromatic carbocycles. The van der Waals surface area contributed by atoms with Gasteiger partial charge in [-0.3, -0.25) is 4.79 Å². The minimum absolute atomic E-state index is 0.0781. The Morgan fingerprint density at radius 2 is 2.05 bits per heavy atom. The van der Waals surface area contributed by atoms with Gasteiger partial charge in [0.25, 0.3) is 0 Å². The van der Waals surface area contributed by atoms with Gasteiger partial charge in [0.1, 0.15) is 0 Å². The minimum Gasteiger partial charge on any atom is -0.493 e. The number of nitrogens with zero attached hydrogens (tertiary/aromatic N) is 2. The number of carbonyl (C=O) groups excluding carboxylic acids is 1. The minimum atomic E-state index is -0.0781. The van der Waals surface area contributed by atoms with E-state index in [0.717, 1.165) is 5.56 Å². The van der Waals surface area contributed by atoms with Crippen molar-refractivity contribution < 1.29 is 18.8 Å². The molecule has 0 spiro atoms. The molecule has 2 rings (SSSR count). The molecule has 0 radical (unpaired) electrons. The van der Waals surface area contributed by atoms with E-state index < -0.39 is 0 Å². The Labute approximate surface area is 128 Å². The average Bonchev–Trinajstić information content (AvgIpc) is 2.96. The van der Waals surface area contributed by atoms with E-state index >= 15 is 0 Å². The van der Waals surface area contributed by atoms with Crippen molar-refractivity contribution in [3.8, 4) is 11.5 Å². The van der Waals surface area contributed by atoms with Gasteiger partial charge in [-0.1, -0.05) is 11.2 Å². The predicted molar refractivity (Wildman–Crippen MR) is 78.7 cm³/mol. The zero-order valence-corrected chi connectivity index (χ0v) is 12.9. The van der Waals surface area contributed by atoms with Crippen LogP contribution in [0.25, 0.3) is 0 Å². The van der Waals surface area contributed by atoms with Gasteiger partial charge in [-0.25, -0.2) is 0 Å². The summed E-state index contributed by atoms with van der Waals surface area (Å²) in [5.41, 5.74) is 1.00. The maximum absolute atomic E-state index is 11.8. The van der Waals surface area contributed by atoms with Crippen LogP contribution < -0.4 is 14.8 Å². The van der Waals surface area contributed by atoms with E-state index in [1.807, 2.05) is 18.2 Å². The third-order valence-electron chi connectivity index (χ3n) is 3.10. The summed E-state index contributed by atoms with van der Waals surface area (Å²) < 4.78 is 15.3. The van der Waals surface area contributed by atoms with Gasteiger partial charge < -0.3 is 19.3 Å². The fourth-order valence-corrected chi connectivity index (χ4v) is 1.97. The molecule has 0 aliphatic carbocycles. The number of rotatable bonds is 7. The Balaban J connectivity index is 1.83. The number of methoxy groups -OCH3 is 2. The van der Waals surface area contributed by atoms with Crippen molar-refractivity contribution in [2.75, 3.05) is 14.2 Å². The largest absolute Gasteiger partial charge is 0.493 e. The smallest absolute Gasteiger partial charge is 0.246 e.